The molecule has 5 nitrogen and oxygen atoms in total. The quantitative estimate of drug-likeness (QED) is 0.882. The average Bonchev–Trinajstić information content (AvgIpc) is 2.45. The van der Waals surface area contributed by atoms with Gasteiger partial charge in [0, 0.05) is 11.4 Å². The lowest BCUT2D eigenvalue weighted by Gasteiger charge is -2.11. The van der Waals surface area contributed by atoms with E-state index in [1.165, 1.54) is 0 Å². The van der Waals surface area contributed by atoms with Crippen LogP contribution in [-0.2, 0) is 6.54 Å². The number of hydrogen-bond donors (Lipinski definition) is 2. The van der Waals surface area contributed by atoms with E-state index >= 15 is 0 Å². The standard InChI is InChI=1S/C16H19N3O2/c1-10(2)14-7-12(16(20)21)8-15(19-14)17-9-13-6-4-5-11(3)18-13/h4-8,10H,9H2,1-3H3,(H,17,19)(H,20,21). The largest absolute Gasteiger partial charge is 0.478 e. The van der Waals surface area contributed by atoms with Crippen LogP contribution in [0, 0.1) is 6.92 Å². The van der Waals surface area contributed by atoms with Crippen molar-refractivity contribution in [2.75, 3.05) is 5.32 Å². The van der Waals surface area contributed by atoms with Crippen molar-refractivity contribution >= 4 is 11.8 Å². The highest BCUT2D eigenvalue weighted by Gasteiger charge is 2.10. The number of carbonyl (C=O) groups is 1. The van der Waals surface area contributed by atoms with Gasteiger partial charge in [0.2, 0.25) is 0 Å². The summed E-state index contributed by atoms with van der Waals surface area (Å²) < 4.78 is 0. The van der Waals surface area contributed by atoms with Gasteiger partial charge in [-0.05, 0) is 37.1 Å². The lowest BCUT2D eigenvalue weighted by Crippen LogP contribution is -2.08. The summed E-state index contributed by atoms with van der Waals surface area (Å²) in [5.74, 6) is -0.222. The molecule has 0 amide bonds. The van der Waals surface area contributed by atoms with Crippen LogP contribution in [0.5, 0.6) is 0 Å². The van der Waals surface area contributed by atoms with Crippen molar-refractivity contribution in [2.45, 2.75) is 33.2 Å². The number of nitrogens with zero attached hydrogens (tertiary/aromatic N) is 2. The highest BCUT2D eigenvalue weighted by Crippen LogP contribution is 2.18. The predicted molar refractivity (Wildman–Crippen MR) is 81.6 cm³/mol. The summed E-state index contributed by atoms with van der Waals surface area (Å²) in [6.07, 6.45) is 0. The number of rotatable bonds is 5. The maximum Gasteiger partial charge on any atom is 0.335 e. The monoisotopic (exact) mass is 285 g/mol. The fraction of sp³-hybridized carbons (Fsp3) is 0.312. The summed E-state index contributed by atoms with van der Waals surface area (Å²) in [5, 5.41) is 12.3. The number of anilines is 1. The van der Waals surface area contributed by atoms with Crippen LogP contribution < -0.4 is 5.32 Å². The Bertz CT molecular complexity index is 654. The highest BCUT2D eigenvalue weighted by atomic mass is 16.4. The second-order valence-electron chi connectivity index (χ2n) is 5.25. The van der Waals surface area contributed by atoms with Gasteiger partial charge in [0.05, 0.1) is 17.8 Å². The Balaban J connectivity index is 2.21. The second kappa shape index (κ2) is 6.35. The zero-order valence-corrected chi connectivity index (χ0v) is 12.4. The number of pyridine rings is 2. The molecule has 0 fully saturated rings. The fourth-order valence-corrected chi connectivity index (χ4v) is 1.94. The van der Waals surface area contributed by atoms with Gasteiger partial charge in [-0.1, -0.05) is 19.9 Å². The summed E-state index contributed by atoms with van der Waals surface area (Å²) in [4.78, 5) is 20.0. The average molecular weight is 285 g/mol. The molecule has 2 N–H and O–H groups in total. The van der Waals surface area contributed by atoms with Crippen LogP contribution in [0.4, 0.5) is 5.82 Å². The van der Waals surface area contributed by atoms with Crippen LogP contribution in [0.25, 0.3) is 0 Å². The summed E-state index contributed by atoms with van der Waals surface area (Å²) in [7, 11) is 0. The van der Waals surface area contributed by atoms with Crippen LogP contribution >= 0.6 is 0 Å². The maximum atomic E-state index is 11.2. The van der Waals surface area contributed by atoms with Gasteiger partial charge in [-0.2, -0.15) is 0 Å². The molecule has 0 unspecified atom stereocenters. The third-order valence-electron chi connectivity index (χ3n) is 3.08. The molecular formula is C16H19N3O2. The van der Waals surface area contributed by atoms with Crippen molar-refractivity contribution in [1.29, 1.82) is 0 Å². The van der Waals surface area contributed by atoms with Gasteiger partial charge in [-0.25, -0.2) is 9.78 Å². The molecule has 0 radical (unpaired) electrons. The molecule has 2 aromatic rings. The molecule has 0 aliphatic carbocycles. The van der Waals surface area contributed by atoms with Gasteiger partial charge in [0.25, 0.3) is 0 Å². The van der Waals surface area contributed by atoms with E-state index < -0.39 is 5.97 Å². The first-order valence-corrected chi connectivity index (χ1v) is 6.87. The molecule has 110 valence electrons. The Labute approximate surface area is 124 Å². The molecule has 2 rings (SSSR count). The molecule has 0 aliphatic heterocycles. The number of nitrogens with one attached hydrogen (secondary N) is 1. The van der Waals surface area contributed by atoms with Gasteiger partial charge in [0.15, 0.2) is 0 Å². The predicted octanol–water partition coefficient (Wildman–Crippen LogP) is 3.22. The van der Waals surface area contributed by atoms with Gasteiger partial charge in [-0.3, -0.25) is 4.98 Å². The van der Waals surface area contributed by atoms with Gasteiger partial charge in [0.1, 0.15) is 5.82 Å². The molecule has 0 aliphatic rings. The van der Waals surface area contributed by atoms with Crippen LogP contribution in [0.3, 0.4) is 0 Å². The zero-order valence-electron chi connectivity index (χ0n) is 12.4. The topological polar surface area (TPSA) is 75.1 Å². The normalized spacial score (nSPS) is 10.7. The van der Waals surface area contributed by atoms with E-state index in [-0.39, 0.29) is 11.5 Å². The van der Waals surface area contributed by atoms with E-state index in [0.29, 0.717) is 12.4 Å². The maximum absolute atomic E-state index is 11.2. The van der Waals surface area contributed by atoms with Gasteiger partial charge >= 0.3 is 5.97 Å². The second-order valence-corrected chi connectivity index (χ2v) is 5.25. The summed E-state index contributed by atoms with van der Waals surface area (Å²) in [6, 6.07) is 8.96. The zero-order chi connectivity index (χ0) is 15.4. The van der Waals surface area contributed by atoms with E-state index in [2.05, 4.69) is 15.3 Å². The smallest absolute Gasteiger partial charge is 0.335 e. The Morgan fingerprint density at radius 3 is 2.67 bits per heavy atom. The molecule has 5 heteroatoms. The Hall–Kier alpha value is -2.43. The molecule has 2 heterocycles. The molecule has 0 bridgehead atoms. The SMILES string of the molecule is Cc1cccc(CNc2cc(C(=O)O)cc(C(C)C)n2)n1. The molecule has 0 spiro atoms. The highest BCUT2D eigenvalue weighted by molar-refractivity contribution is 5.88. The number of carboxylic acids is 1. The lowest BCUT2D eigenvalue weighted by molar-refractivity contribution is 0.0696. The first-order valence-electron chi connectivity index (χ1n) is 6.87. The summed E-state index contributed by atoms with van der Waals surface area (Å²) in [5.41, 5.74) is 2.84. The van der Waals surface area contributed by atoms with Crippen LogP contribution in [0.2, 0.25) is 0 Å². The Kier molecular flexibility index (Phi) is 4.52. The van der Waals surface area contributed by atoms with Crippen molar-refractivity contribution < 1.29 is 9.90 Å². The van der Waals surface area contributed by atoms with Gasteiger partial charge < -0.3 is 10.4 Å². The minimum absolute atomic E-state index is 0.168. The first-order chi connectivity index (χ1) is 9.95. The Morgan fingerprint density at radius 1 is 1.29 bits per heavy atom. The van der Waals surface area contributed by atoms with E-state index in [4.69, 9.17) is 5.11 Å². The first kappa shape index (κ1) is 15.0. The minimum Gasteiger partial charge on any atom is -0.478 e. The van der Waals surface area contributed by atoms with E-state index in [9.17, 15) is 4.79 Å². The molecule has 2 aromatic heterocycles. The summed E-state index contributed by atoms with van der Waals surface area (Å²) in [6.45, 7) is 6.42. The molecule has 0 saturated carbocycles. The third-order valence-corrected chi connectivity index (χ3v) is 3.08. The number of aromatic carboxylic acids is 1. The van der Waals surface area contributed by atoms with E-state index in [1.54, 1.807) is 12.1 Å². The minimum atomic E-state index is -0.948. The molecule has 0 aromatic carbocycles. The van der Waals surface area contributed by atoms with Crippen molar-refractivity contribution in [3.63, 3.8) is 0 Å². The Morgan fingerprint density at radius 2 is 2.05 bits per heavy atom. The molecule has 0 saturated heterocycles. The van der Waals surface area contributed by atoms with E-state index in [0.717, 1.165) is 17.1 Å². The van der Waals surface area contributed by atoms with Crippen molar-refractivity contribution in [2.24, 2.45) is 0 Å². The van der Waals surface area contributed by atoms with Crippen molar-refractivity contribution in [3.8, 4) is 0 Å². The lowest BCUT2D eigenvalue weighted by atomic mass is 10.1. The van der Waals surface area contributed by atoms with Crippen LogP contribution in [0.15, 0.2) is 30.3 Å². The number of aromatic nitrogens is 2. The number of hydrogen-bond acceptors (Lipinski definition) is 4. The molecule has 21 heavy (non-hydrogen) atoms. The fourth-order valence-electron chi connectivity index (χ4n) is 1.94. The molecule has 0 atom stereocenters. The van der Waals surface area contributed by atoms with Gasteiger partial charge in [-0.15, -0.1) is 0 Å². The molecular weight excluding hydrogens is 266 g/mol. The summed E-state index contributed by atoms with van der Waals surface area (Å²) >= 11 is 0. The van der Waals surface area contributed by atoms with Crippen molar-refractivity contribution in [3.05, 3.63) is 53.0 Å². The van der Waals surface area contributed by atoms with Crippen LogP contribution in [0.1, 0.15) is 47.2 Å². The third kappa shape index (κ3) is 4.02. The van der Waals surface area contributed by atoms with Crippen molar-refractivity contribution in [1.82, 2.24) is 9.97 Å². The number of carboxylic acid groups (broad SMARTS) is 1. The van der Waals surface area contributed by atoms with Crippen LogP contribution in [-0.4, -0.2) is 21.0 Å². The number of aryl methyl sites for hydroxylation is 1. The van der Waals surface area contributed by atoms with E-state index in [1.807, 2.05) is 39.0 Å².